The Hall–Kier alpha value is -1.74. The van der Waals surface area contributed by atoms with Gasteiger partial charge in [0.15, 0.2) is 0 Å². The van der Waals surface area contributed by atoms with Crippen molar-refractivity contribution in [1.29, 1.82) is 0 Å². The van der Waals surface area contributed by atoms with Crippen molar-refractivity contribution in [3.63, 3.8) is 0 Å². The average Bonchev–Trinajstić information content (AvgIpc) is 2.63. The van der Waals surface area contributed by atoms with E-state index in [-0.39, 0.29) is 10.6 Å². The second kappa shape index (κ2) is 8.97. The molecule has 0 saturated heterocycles. The molecule has 27 heavy (non-hydrogen) atoms. The number of hydrogen-bond donors (Lipinski definition) is 1. The van der Waals surface area contributed by atoms with Gasteiger partial charge in [-0.2, -0.15) is 0 Å². The minimum Gasteiger partial charge on any atom is -0.492 e. The molecule has 2 aromatic rings. The molecular weight excluding hydrogens is 408 g/mol. The predicted molar refractivity (Wildman–Crippen MR) is 110 cm³/mol. The van der Waals surface area contributed by atoms with Crippen LogP contribution in [0.15, 0.2) is 46.2 Å². The standard InChI is InChI=1S/C18H21ClN2O4S2/c1-5-25-16-9-6-12(10-17(16)27(23,24)21(2)3)20-18(22)14-11-13(26-4)7-8-15(14)19/h6-11H,5H2,1-4H3,(H,20,22). The zero-order chi connectivity index (χ0) is 20.2. The lowest BCUT2D eigenvalue weighted by atomic mass is 10.2. The molecule has 0 aromatic heterocycles. The maximum absolute atomic E-state index is 12.6. The maximum Gasteiger partial charge on any atom is 0.257 e. The van der Waals surface area contributed by atoms with E-state index in [0.29, 0.717) is 22.9 Å². The minimum atomic E-state index is -3.74. The van der Waals surface area contributed by atoms with Crippen LogP contribution < -0.4 is 10.1 Å². The van der Waals surface area contributed by atoms with Crippen molar-refractivity contribution in [3.8, 4) is 5.75 Å². The highest BCUT2D eigenvalue weighted by Crippen LogP contribution is 2.30. The first kappa shape index (κ1) is 21.6. The number of benzene rings is 2. The molecule has 0 atom stereocenters. The third-order valence-electron chi connectivity index (χ3n) is 3.68. The average molecular weight is 429 g/mol. The van der Waals surface area contributed by atoms with Gasteiger partial charge in [-0.1, -0.05) is 11.6 Å². The van der Waals surface area contributed by atoms with Crippen LogP contribution >= 0.6 is 23.4 Å². The minimum absolute atomic E-state index is 0.0175. The van der Waals surface area contributed by atoms with Crippen LogP contribution in [0.1, 0.15) is 17.3 Å². The molecular formula is C18H21ClN2O4S2. The summed E-state index contributed by atoms with van der Waals surface area (Å²) < 4.78 is 31.7. The largest absolute Gasteiger partial charge is 0.492 e. The molecule has 0 aliphatic carbocycles. The number of anilines is 1. The van der Waals surface area contributed by atoms with Gasteiger partial charge in [0, 0.05) is 24.7 Å². The zero-order valence-corrected chi connectivity index (χ0v) is 17.8. The molecule has 2 aromatic carbocycles. The number of carbonyl (C=O) groups is 1. The number of amides is 1. The molecule has 6 nitrogen and oxygen atoms in total. The molecule has 146 valence electrons. The van der Waals surface area contributed by atoms with Gasteiger partial charge in [-0.3, -0.25) is 4.79 Å². The lowest BCUT2D eigenvalue weighted by Crippen LogP contribution is -2.23. The Kier molecular flexibility index (Phi) is 7.16. The van der Waals surface area contributed by atoms with E-state index in [0.717, 1.165) is 9.20 Å². The van der Waals surface area contributed by atoms with Gasteiger partial charge < -0.3 is 10.1 Å². The quantitative estimate of drug-likeness (QED) is 0.675. The zero-order valence-electron chi connectivity index (χ0n) is 15.4. The van der Waals surface area contributed by atoms with Gasteiger partial charge in [-0.05, 0) is 49.6 Å². The number of halogens is 1. The van der Waals surface area contributed by atoms with E-state index in [1.807, 2.05) is 12.3 Å². The topological polar surface area (TPSA) is 75.7 Å². The van der Waals surface area contributed by atoms with Gasteiger partial charge in [0.05, 0.1) is 17.2 Å². The van der Waals surface area contributed by atoms with Gasteiger partial charge in [0.25, 0.3) is 5.91 Å². The molecule has 0 spiro atoms. The maximum atomic E-state index is 12.6. The summed E-state index contributed by atoms with van der Waals surface area (Å²) in [6.07, 6.45) is 1.90. The van der Waals surface area contributed by atoms with E-state index >= 15 is 0 Å². The molecule has 0 bridgehead atoms. The Morgan fingerprint density at radius 1 is 1.22 bits per heavy atom. The molecule has 2 rings (SSSR count). The van der Waals surface area contributed by atoms with E-state index in [9.17, 15) is 13.2 Å². The van der Waals surface area contributed by atoms with Crippen LogP contribution in [0.4, 0.5) is 5.69 Å². The summed E-state index contributed by atoms with van der Waals surface area (Å²) in [5, 5.41) is 3.02. The molecule has 0 fully saturated rings. The first-order valence-corrected chi connectivity index (χ1v) is 11.1. The van der Waals surface area contributed by atoms with Crippen molar-refractivity contribution in [2.75, 3.05) is 32.3 Å². The fourth-order valence-electron chi connectivity index (χ4n) is 2.26. The lowest BCUT2D eigenvalue weighted by Gasteiger charge is -2.17. The number of nitrogens with one attached hydrogen (secondary N) is 1. The van der Waals surface area contributed by atoms with Crippen molar-refractivity contribution in [2.24, 2.45) is 0 Å². The third kappa shape index (κ3) is 4.95. The summed E-state index contributed by atoms with van der Waals surface area (Å²) in [7, 11) is -0.875. The highest BCUT2D eigenvalue weighted by molar-refractivity contribution is 7.98. The molecule has 0 aliphatic rings. The summed E-state index contributed by atoms with van der Waals surface area (Å²) in [6.45, 7) is 2.08. The highest BCUT2D eigenvalue weighted by atomic mass is 35.5. The van der Waals surface area contributed by atoms with Crippen molar-refractivity contribution < 1.29 is 17.9 Å². The monoisotopic (exact) mass is 428 g/mol. The molecule has 0 radical (unpaired) electrons. The molecule has 0 saturated carbocycles. The van der Waals surface area contributed by atoms with Crippen LogP contribution in [-0.4, -0.2) is 45.6 Å². The first-order valence-electron chi connectivity index (χ1n) is 8.05. The normalized spacial score (nSPS) is 11.5. The number of nitrogens with zero attached hydrogens (tertiary/aromatic N) is 1. The van der Waals surface area contributed by atoms with Crippen LogP contribution in [0.25, 0.3) is 0 Å². The van der Waals surface area contributed by atoms with Crippen LogP contribution in [0.5, 0.6) is 5.75 Å². The molecule has 0 aliphatic heterocycles. The van der Waals surface area contributed by atoms with E-state index in [1.54, 1.807) is 25.1 Å². The van der Waals surface area contributed by atoms with E-state index in [1.165, 1.54) is 38.0 Å². The fourth-order valence-corrected chi connectivity index (χ4v) is 3.96. The summed E-state index contributed by atoms with van der Waals surface area (Å²) >= 11 is 7.63. The van der Waals surface area contributed by atoms with Crippen molar-refractivity contribution in [1.82, 2.24) is 4.31 Å². The van der Waals surface area contributed by atoms with Gasteiger partial charge >= 0.3 is 0 Å². The van der Waals surface area contributed by atoms with Crippen LogP contribution in [0, 0.1) is 0 Å². The van der Waals surface area contributed by atoms with Crippen molar-refractivity contribution >= 4 is 45.0 Å². The molecule has 0 unspecified atom stereocenters. The summed E-state index contributed by atoms with van der Waals surface area (Å²) in [5.74, 6) is -0.195. The summed E-state index contributed by atoms with van der Waals surface area (Å²) in [5.41, 5.74) is 0.643. The van der Waals surface area contributed by atoms with Gasteiger partial charge in [0.2, 0.25) is 10.0 Å². The predicted octanol–water partition coefficient (Wildman–Crippen LogP) is 3.96. The van der Waals surface area contributed by atoms with E-state index < -0.39 is 15.9 Å². The van der Waals surface area contributed by atoms with Crippen molar-refractivity contribution in [2.45, 2.75) is 16.7 Å². The Balaban J connectivity index is 2.41. The summed E-state index contributed by atoms with van der Waals surface area (Å²) in [4.78, 5) is 13.5. The SMILES string of the molecule is CCOc1ccc(NC(=O)c2cc(SC)ccc2Cl)cc1S(=O)(=O)N(C)C. The van der Waals surface area contributed by atoms with Crippen molar-refractivity contribution in [3.05, 3.63) is 47.0 Å². The number of carbonyl (C=O) groups excluding carboxylic acids is 1. The third-order valence-corrected chi connectivity index (χ3v) is 6.57. The lowest BCUT2D eigenvalue weighted by molar-refractivity contribution is 0.102. The highest BCUT2D eigenvalue weighted by Gasteiger charge is 2.23. The van der Waals surface area contributed by atoms with Crippen LogP contribution in [-0.2, 0) is 10.0 Å². The Morgan fingerprint density at radius 3 is 2.52 bits per heavy atom. The second-order valence-corrected chi connectivity index (χ2v) is 9.09. The number of thioether (sulfide) groups is 1. The number of rotatable bonds is 7. The number of hydrogen-bond acceptors (Lipinski definition) is 5. The molecule has 0 heterocycles. The second-order valence-electron chi connectivity index (χ2n) is 5.68. The van der Waals surface area contributed by atoms with Gasteiger partial charge in [0.1, 0.15) is 10.6 Å². The van der Waals surface area contributed by atoms with E-state index in [2.05, 4.69) is 5.32 Å². The molecule has 1 amide bonds. The van der Waals surface area contributed by atoms with E-state index in [4.69, 9.17) is 16.3 Å². The number of ether oxygens (including phenoxy) is 1. The van der Waals surface area contributed by atoms with Crippen LogP contribution in [0.3, 0.4) is 0 Å². The fraction of sp³-hybridized carbons (Fsp3) is 0.278. The Labute approximate surface area is 168 Å². The number of sulfonamides is 1. The Bertz CT molecular complexity index is 946. The molecule has 1 N–H and O–H groups in total. The van der Waals surface area contributed by atoms with Gasteiger partial charge in [-0.15, -0.1) is 11.8 Å². The smallest absolute Gasteiger partial charge is 0.257 e. The summed E-state index contributed by atoms with van der Waals surface area (Å²) in [6, 6.07) is 9.66. The first-order chi connectivity index (χ1) is 12.7. The Morgan fingerprint density at radius 2 is 1.93 bits per heavy atom. The molecule has 9 heteroatoms. The van der Waals surface area contributed by atoms with Crippen LogP contribution in [0.2, 0.25) is 5.02 Å². The van der Waals surface area contributed by atoms with Gasteiger partial charge in [-0.25, -0.2) is 12.7 Å².